The molecule has 3 rings (SSSR count). The summed E-state index contributed by atoms with van der Waals surface area (Å²) in [7, 11) is 0. The lowest BCUT2D eigenvalue weighted by Gasteiger charge is -2.37. The second-order valence-corrected chi connectivity index (χ2v) is 6.92. The number of halogens is 2. The van der Waals surface area contributed by atoms with Crippen LogP contribution < -0.4 is 15.5 Å². The number of furan rings is 1. The molecule has 0 spiro atoms. The number of guanidine groups is 1. The molecular weight excluding hydrogens is 505 g/mol. The molecule has 0 aliphatic carbocycles. The van der Waals surface area contributed by atoms with Crippen LogP contribution in [0, 0.1) is 0 Å². The lowest BCUT2D eigenvalue weighted by molar-refractivity contribution is -0.119. The van der Waals surface area contributed by atoms with Gasteiger partial charge in [-0.05, 0) is 37.3 Å². The molecule has 1 saturated heterocycles. The third-order valence-electron chi connectivity index (χ3n) is 4.50. The molecule has 2 N–H and O–H groups in total. The highest BCUT2D eigenvalue weighted by atomic mass is 127. The second kappa shape index (κ2) is 11.9. The first-order valence-electron chi connectivity index (χ1n) is 9.48. The van der Waals surface area contributed by atoms with Crippen molar-refractivity contribution in [2.45, 2.75) is 13.5 Å². The van der Waals surface area contributed by atoms with E-state index in [1.807, 2.05) is 31.2 Å². The van der Waals surface area contributed by atoms with Gasteiger partial charge in [-0.3, -0.25) is 4.79 Å². The Labute approximate surface area is 193 Å². The van der Waals surface area contributed by atoms with E-state index in [2.05, 4.69) is 31.5 Å². The van der Waals surface area contributed by atoms with Crippen LogP contribution in [0.2, 0.25) is 5.02 Å². The number of anilines is 1. The number of hydrogen-bond donors (Lipinski definition) is 2. The van der Waals surface area contributed by atoms with E-state index in [-0.39, 0.29) is 36.4 Å². The Balaban J connectivity index is 0.00000300. The van der Waals surface area contributed by atoms with E-state index in [0.717, 1.165) is 55.2 Å². The molecule has 2 heterocycles. The van der Waals surface area contributed by atoms with E-state index in [1.165, 1.54) is 0 Å². The molecular formula is C20H27ClIN5O2. The van der Waals surface area contributed by atoms with Gasteiger partial charge in [0.2, 0.25) is 5.91 Å². The summed E-state index contributed by atoms with van der Waals surface area (Å²) >= 11 is 6.10. The maximum Gasteiger partial charge on any atom is 0.242 e. The standard InChI is InChI=1S/C20H26ClN5O2.HI/c1-2-22-20(24-15-19(27)23-14-18-7-4-12-28-18)26-10-8-25(9-11-26)17-6-3-5-16(21)13-17;/h3-7,12-13H,2,8-11,14-15H2,1H3,(H,22,24)(H,23,27);1H. The van der Waals surface area contributed by atoms with Crippen LogP contribution in [-0.2, 0) is 11.3 Å². The van der Waals surface area contributed by atoms with Crippen molar-refractivity contribution in [3.8, 4) is 0 Å². The summed E-state index contributed by atoms with van der Waals surface area (Å²) < 4.78 is 5.21. The Hall–Kier alpha value is -1.94. The normalized spacial score (nSPS) is 14.3. The molecule has 0 radical (unpaired) electrons. The van der Waals surface area contributed by atoms with E-state index >= 15 is 0 Å². The fourth-order valence-electron chi connectivity index (χ4n) is 3.08. The van der Waals surface area contributed by atoms with Crippen molar-refractivity contribution >= 4 is 53.1 Å². The molecule has 1 aliphatic heterocycles. The van der Waals surface area contributed by atoms with Gasteiger partial charge in [0, 0.05) is 43.4 Å². The number of aliphatic imine (C=N–C) groups is 1. The Morgan fingerprint density at radius 3 is 2.62 bits per heavy atom. The van der Waals surface area contributed by atoms with Gasteiger partial charge in [-0.1, -0.05) is 17.7 Å². The third-order valence-corrected chi connectivity index (χ3v) is 4.73. The Morgan fingerprint density at radius 2 is 1.97 bits per heavy atom. The number of nitrogens with one attached hydrogen (secondary N) is 2. The molecule has 1 aromatic carbocycles. The first-order valence-corrected chi connectivity index (χ1v) is 9.86. The quantitative estimate of drug-likeness (QED) is 0.341. The van der Waals surface area contributed by atoms with Gasteiger partial charge in [-0.25, -0.2) is 4.99 Å². The number of carbonyl (C=O) groups excluding carboxylic acids is 1. The minimum Gasteiger partial charge on any atom is -0.467 e. The van der Waals surface area contributed by atoms with Crippen molar-refractivity contribution in [1.29, 1.82) is 0 Å². The van der Waals surface area contributed by atoms with Gasteiger partial charge in [0.25, 0.3) is 0 Å². The Bertz CT molecular complexity index is 792. The fraction of sp³-hybridized carbons (Fsp3) is 0.400. The number of piperazine rings is 1. The van der Waals surface area contributed by atoms with Crippen molar-refractivity contribution in [3.05, 3.63) is 53.4 Å². The van der Waals surface area contributed by atoms with Crippen molar-refractivity contribution in [2.24, 2.45) is 4.99 Å². The third kappa shape index (κ3) is 7.11. The number of carbonyl (C=O) groups is 1. The van der Waals surface area contributed by atoms with Gasteiger partial charge in [0.05, 0.1) is 12.8 Å². The lowest BCUT2D eigenvalue weighted by Crippen LogP contribution is -2.52. The molecule has 1 amide bonds. The van der Waals surface area contributed by atoms with Crippen LogP contribution in [-0.4, -0.2) is 56.0 Å². The predicted molar refractivity (Wildman–Crippen MR) is 127 cm³/mol. The Kier molecular flexibility index (Phi) is 9.59. The molecule has 158 valence electrons. The van der Waals surface area contributed by atoms with Crippen LogP contribution in [0.15, 0.2) is 52.1 Å². The van der Waals surface area contributed by atoms with Crippen LogP contribution >= 0.6 is 35.6 Å². The highest BCUT2D eigenvalue weighted by molar-refractivity contribution is 14.0. The number of nitrogens with zero attached hydrogens (tertiary/aromatic N) is 3. The number of rotatable bonds is 6. The van der Waals surface area contributed by atoms with Gasteiger partial charge >= 0.3 is 0 Å². The minimum absolute atomic E-state index is 0. The van der Waals surface area contributed by atoms with Gasteiger partial charge in [-0.2, -0.15) is 0 Å². The molecule has 29 heavy (non-hydrogen) atoms. The average molecular weight is 532 g/mol. The van der Waals surface area contributed by atoms with Gasteiger partial charge in [0.1, 0.15) is 12.3 Å². The summed E-state index contributed by atoms with van der Waals surface area (Å²) in [6.07, 6.45) is 1.59. The van der Waals surface area contributed by atoms with Crippen LogP contribution in [0.4, 0.5) is 5.69 Å². The molecule has 0 bridgehead atoms. The van der Waals surface area contributed by atoms with E-state index in [9.17, 15) is 4.79 Å². The molecule has 2 aromatic rings. The fourth-order valence-corrected chi connectivity index (χ4v) is 3.26. The van der Waals surface area contributed by atoms with E-state index in [4.69, 9.17) is 16.0 Å². The van der Waals surface area contributed by atoms with E-state index in [1.54, 1.807) is 12.3 Å². The lowest BCUT2D eigenvalue weighted by atomic mass is 10.2. The molecule has 1 aromatic heterocycles. The molecule has 1 aliphatic rings. The van der Waals surface area contributed by atoms with Crippen molar-refractivity contribution in [1.82, 2.24) is 15.5 Å². The second-order valence-electron chi connectivity index (χ2n) is 6.48. The molecule has 7 nitrogen and oxygen atoms in total. The van der Waals surface area contributed by atoms with Crippen molar-refractivity contribution in [3.63, 3.8) is 0 Å². The molecule has 0 saturated carbocycles. The zero-order chi connectivity index (χ0) is 19.8. The number of hydrogen-bond acceptors (Lipinski definition) is 4. The Morgan fingerprint density at radius 1 is 1.17 bits per heavy atom. The highest BCUT2D eigenvalue weighted by Crippen LogP contribution is 2.20. The zero-order valence-electron chi connectivity index (χ0n) is 16.4. The summed E-state index contributed by atoms with van der Waals surface area (Å²) in [5.74, 6) is 1.35. The maximum absolute atomic E-state index is 12.1. The first kappa shape index (κ1) is 23.3. The van der Waals surface area contributed by atoms with E-state index < -0.39 is 0 Å². The topological polar surface area (TPSA) is 73.1 Å². The van der Waals surface area contributed by atoms with Crippen molar-refractivity contribution in [2.75, 3.05) is 44.2 Å². The smallest absolute Gasteiger partial charge is 0.242 e. The zero-order valence-corrected chi connectivity index (χ0v) is 19.5. The van der Waals surface area contributed by atoms with Gasteiger partial charge < -0.3 is 24.9 Å². The highest BCUT2D eigenvalue weighted by Gasteiger charge is 2.20. The first-order chi connectivity index (χ1) is 13.7. The largest absolute Gasteiger partial charge is 0.467 e. The summed E-state index contributed by atoms with van der Waals surface area (Å²) in [6, 6.07) is 11.5. The summed E-state index contributed by atoms with van der Waals surface area (Å²) in [5.41, 5.74) is 1.13. The summed E-state index contributed by atoms with van der Waals surface area (Å²) in [5, 5.41) is 6.84. The van der Waals surface area contributed by atoms with Crippen LogP contribution in [0.3, 0.4) is 0 Å². The van der Waals surface area contributed by atoms with Gasteiger partial charge in [-0.15, -0.1) is 24.0 Å². The minimum atomic E-state index is -0.135. The van der Waals surface area contributed by atoms with Crippen LogP contribution in [0.1, 0.15) is 12.7 Å². The van der Waals surface area contributed by atoms with Gasteiger partial charge in [0.15, 0.2) is 5.96 Å². The number of benzene rings is 1. The maximum atomic E-state index is 12.1. The molecule has 9 heteroatoms. The predicted octanol–water partition coefficient (Wildman–Crippen LogP) is 2.95. The van der Waals surface area contributed by atoms with Crippen LogP contribution in [0.5, 0.6) is 0 Å². The molecule has 0 unspecified atom stereocenters. The molecule has 1 fully saturated rings. The summed E-state index contributed by atoms with van der Waals surface area (Å²) in [4.78, 5) is 21.1. The monoisotopic (exact) mass is 531 g/mol. The SMILES string of the molecule is CCNC(=NCC(=O)NCc1ccco1)N1CCN(c2cccc(Cl)c2)CC1.I. The van der Waals surface area contributed by atoms with Crippen molar-refractivity contribution < 1.29 is 9.21 Å². The molecule has 0 atom stereocenters. The average Bonchev–Trinajstić information content (AvgIpc) is 3.23. The summed E-state index contributed by atoms with van der Waals surface area (Å²) in [6.45, 7) is 6.62. The van der Waals surface area contributed by atoms with Crippen LogP contribution in [0.25, 0.3) is 0 Å². The van der Waals surface area contributed by atoms with E-state index in [0.29, 0.717) is 6.54 Å². The number of amides is 1.